The molecule has 0 bridgehead atoms. The van der Waals surface area contributed by atoms with Crippen LogP contribution in [0.1, 0.15) is 61.9 Å². The van der Waals surface area contributed by atoms with Crippen molar-refractivity contribution in [1.82, 2.24) is 9.66 Å². The first-order valence-electron chi connectivity index (χ1n) is 13.5. The molecule has 1 aromatic heterocycles. The Kier molecular flexibility index (Phi) is 9.74. The maximum absolute atomic E-state index is 13.7. The average Bonchev–Trinajstić information content (AvgIpc) is 2.99. The Hall–Kier alpha value is -3.09. The third-order valence-electron chi connectivity index (χ3n) is 7.10. The van der Waals surface area contributed by atoms with Gasteiger partial charge in [0.1, 0.15) is 12.4 Å². The molecule has 1 heterocycles. The highest BCUT2D eigenvalue weighted by atomic mass is 79.9. The number of nitro benzene ring substituents is 1. The summed E-state index contributed by atoms with van der Waals surface area (Å²) in [4.78, 5) is 29.1. The first kappa shape index (κ1) is 30.4. The third-order valence-corrected chi connectivity index (χ3v) is 9.74. The minimum atomic E-state index is -0.440. The number of non-ortho nitro benzene ring substituents is 1. The van der Waals surface area contributed by atoms with Crippen LogP contribution in [-0.4, -0.2) is 27.4 Å². The summed E-state index contributed by atoms with van der Waals surface area (Å²) in [6, 6.07) is 13.5. The first-order valence-corrected chi connectivity index (χ1v) is 15.9. The van der Waals surface area contributed by atoms with Gasteiger partial charge in [-0.05, 0) is 93.6 Å². The number of nitrogens with zero attached hydrogens (tertiary/aromatic N) is 4. The highest BCUT2D eigenvalue weighted by Crippen LogP contribution is 2.43. The van der Waals surface area contributed by atoms with E-state index >= 15 is 0 Å². The Morgan fingerprint density at radius 3 is 2.48 bits per heavy atom. The summed E-state index contributed by atoms with van der Waals surface area (Å²) in [7, 11) is 0. The standard InChI is InChI=1S/C30H27Br3N4O5/c1-2-41-25-14-20(26(32)27(33)28(25)42-17-18-8-11-22(12-9-18)37(39)40)16-34-36-29(19-6-4-3-5-7-19)35-24-13-10-21(31)15-23(24)30(36)38/h8-16,19H,2-7,17H2,1H3. The van der Waals surface area contributed by atoms with Crippen molar-refractivity contribution in [1.29, 1.82) is 0 Å². The zero-order valence-corrected chi connectivity index (χ0v) is 27.4. The Labute approximate surface area is 267 Å². The maximum Gasteiger partial charge on any atom is 0.282 e. The summed E-state index contributed by atoms with van der Waals surface area (Å²) in [5.74, 6) is 1.78. The number of halogens is 3. The normalized spacial score (nSPS) is 14.0. The molecule has 0 radical (unpaired) electrons. The van der Waals surface area contributed by atoms with Gasteiger partial charge in [0, 0.05) is 32.6 Å². The Balaban J connectivity index is 1.51. The van der Waals surface area contributed by atoms with Gasteiger partial charge in [0.15, 0.2) is 11.5 Å². The van der Waals surface area contributed by atoms with Crippen LogP contribution in [0, 0.1) is 10.1 Å². The second-order valence-electron chi connectivity index (χ2n) is 9.89. The zero-order chi connectivity index (χ0) is 29.8. The quantitative estimate of drug-likeness (QED) is 0.0962. The van der Waals surface area contributed by atoms with Gasteiger partial charge in [0.2, 0.25) is 0 Å². The average molecular weight is 763 g/mol. The molecule has 218 valence electrons. The molecule has 1 aliphatic carbocycles. The molecule has 42 heavy (non-hydrogen) atoms. The van der Waals surface area contributed by atoms with Crippen molar-refractivity contribution in [3.63, 3.8) is 0 Å². The molecular weight excluding hydrogens is 736 g/mol. The van der Waals surface area contributed by atoms with Crippen molar-refractivity contribution in [3.8, 4) is 11.5 Å². The van der Waals surface area contributed by atoms with E-state index in [0.717, 1.165) is 35.7 Å². The monoisotopic (exact) mass is 760 g/mol. The highest BCUT2D eigenvalue weighted by molar-refractivity contribution is 9.13. The fraction of sp³-hybridized carbons (Fsp3) is 0.300. The van der Waals surface area contributed by atoms with Gasteiger partial charge in [-0.25, -0.2) is 4.98 Å². The van der Waals surface area contributed by atoms with Crippen molar-refractivity contribution in [3.05, 3.63) is 99.4 Å². The lowest BCUT2D eigenvalue weighted by Crippen LogP contribution is -2.25. The van der Waals surface area contributed by atoms with Gasteiger partial charge in [-0.2, -0.15) is 9.78 Å². The van der Waals surface area contributed by atoms with Crippen LogP contribution in [0.25, 0.3) is 10.9 Å². The van der Waals surface area contributed by atoms with Gasteiger partial charge in [-0.1, -0.05) is 35.2 Å². The molecule has 0 saturated heterocycles. The molecule has 0 N–H and O–H groups in total. The summed E-state index contributed by atoms with van der Waals surface area (Å²) in [6.45, 7) is 2.45. The van der Waals surface area contributed by atoms with E-state index in [1.807, 2.05) is 19.1 Å². The Morgan fingerprint density at radius 1 is 1.05 bits per heavy atom. The van der Waals surface area contributed by atoms with Crippen LogP contribution in [-0.2, 0) is 6.61 Å². The zero-order valence-electron chi connectivity index (χ0n) is 22.7. The molecule has 0 unspecified atom stereocenters. The van der Waals surface area contributed by atoms with Crippen LogP contribution in [0.5, 0.6) is 11.5 Å². The number of hydrogen-bond acceptors (Lipinski definition) is 7. The SMILES string of the molecule is CCOc1cc(C=Nn2c(C3CCCCC3)nc3ccc(Br)cc3c2=O)c(Br)c(Br)c1OCc1ccc([N+](=O)[O-])cc1. The lowest BCUT2D eigenvalue weighted by Gasteiger charge is -2.23. The molecule has 1 fully saturated rings. The van der Waals surface area contributed by atoms with Gasteiger partial charge >= 0.3 is 0 Å². The molecule has 3 aromatic carbocycles. The second kappa shape index (κ2) is 13.5. The van der Waals surface area contributed by atoms with Crippen molar-refractivity contribution in [2.45, 2.75) is 51.6 Å². The number of ether oxygens (including phenoxy) is 2. The van der Waals surface area contributed by atoms with Crippen molar-refractivity contribution in [2.75, 3.05) is 6.61 Å². The van der Waals surface area contributed by atoms with E-state index in [-0.39, 0.29) is 23.8 Å². The van der Waals surface area contributed by atoms with Crippen molar-refractivity contribution >= 4 is 70.6 Å². The molecule has 4 aromatic rings. The Bertz CT molecular complexity index is 1720. The molecule has 0 amide bonds. The van der Waals surface area contributed by atoms with Crippen molar-refractivity contribution < 1.29 is 14.4 Å². The van der Waals surface area contributed by atoms with E-state index in [2.05, 4.69) is 52.9 Å². The largest absolute Gasteiger partial charge is 0.490 e. The number of nitro groups is 1. The maximum atomic E-state index is 13.7. The minimum absolute atomic E-state index is 0.0151. The summed E-state index contributed by atoms with van der Waals surface area (Å²) in [5.41, 5.74) is 1.89. The molecule has 0 spiro atoms. The van der Waals surface area contributed by atoms with Gasteiger partial charge in [-0.15, -0.1) is 0 Å². The van der Waals surface area contributed by atoms with Gasteiger partial charge < -0.3 is 9.47 Å². The molecule has 1 saturated carbocycles. The van der Waals surface area contributed by atoms with Crippen LogP contribution in [0.2, 0.25) is 0 Å². The summed E-state index contributed by atoms with van der Waals surface area (Å²) in [6.07, 6.45) is 6.93. The fourth-order valence-corrected chi connectivity index (χ4v) is 6.28. The topological polar surface area (TPSA) is 109 Å². The number of hydrogen-bond donors (Lipinski definition) is 0. The van der Waals surface area contributed by atoms with E-state index < -0.39 is 4.92 Å². The molecule has 1 aliphatic rings. The molecule has 5 rings (SSSR count). The summed E-state index contributed by atoms with van der Waals surface area (Å²) in [5, 5.41) is 16.1. The van der Waals surface area contributed by atoms with Gasteiger partial charge in [-0.3, -0.25) is 14.9 Å². The molecule has 0 atom stereocenters. The smallest absolute Gasteiger partial charge is 0.282 e. The number of rotatable bonds is 9. The molecule has 12 heteroatoms. The highest BCUT2D eigenvalue weighted by Gasteiger charge is 2.23. The van der Waals surface area contributed by atoms with E-state index in [0.29, 0.717) is 49.3 Å². The van der Waals surface area contributed by atoms with Crippen molar-refractivity contribution in [2.24, 2.45) is 5.10 Å². The van der Waals surface area contributed by atoms with Crippen LogP contribution in [0.15, 0.2) is 71.8 Å². The van der Waals surface area contributed by atoms with E-state index in [9.17, 15) is 14.9 Å². The lowest BCUT2D eigenvalue weighted by molar-refractivity contribution is -0.384. The minimum Gasteiger partial charge on any atom is -0.490 e. The second-order valence-corrected chi connectivity index (χ2v) is 12.4. The summed E-state index contributed by atoms with van der Waals surface area (Å²) < 4.78 is 15.5. The first-order chi connectivity index (χ1) is 20.3. The van der Waals surface area contributed by atoms with Crippen LogP contribution in [0.3, 0.4) is 0 Å². The number of aromatic nitrogens is 2. The van der Waals surface area contributed by atoms with Gasteiger partial charge in [0.25, 0.3) is 11.2 Å². The van der Waals surface area contributed by atoms with E-state index in [1.54, 1.807) is 30.5 Å². The lowest BCUT2D eigenvalue weighted by atomic mass is 9.88. The van der Waals surface area contributed by atoms with E-state index in [4.69, 9.17) is 14.5 Å². The predicted molar refractivity (Wildman–Crippen MR) is 173 cm³/mol. The van der Waals surface area contributed by atoms with Crippen LogP contribution in [0.4, 0.5) is 5.69 Å². The van der Waals surface area contributed by atoms with Crippen LogP contribution < -0.4 is 15.0 Å². The molecule has 0 aliphatic heterocycles. The van der Waals surface area contributed by atoms with E-state index in [1.165, 1.54) is 23.2 Å². The molecular formula is C30H27Br3N4O5. The Morgan fingerprint density at radius 2 is 1.79 bits per heavy atom. The number of fused-ring (bicyclic) bond motifs is 1. The summed E-state index contributed by atoms with van der Waals surface area (Å²) >= 11 is 10.7. The third kappa shape index (κ3) is 6.60. The van der Waals surface area contributed by atoms with Crippen LogP contribution >= 0.6 is 47.8 Å². The molecule has 9 nitrogen and oxygen atoms in total. The number of benzene rings is 3. The fourth-order valence-electron chi connectivity index (χ4n) is 4.99. The predicted octanol–water partition coefficient (Wildman–Crippen LogP) is 8.50. The van der Waals surface area contributed by atoms with Gasteiger partial charge in [0.05, 0.1) is 33.1 Å².